The summed E-state index contributed by atoms with van der Waals surface area (Å²) in [5.74, 6) is 0.654. The van der Waals surface area contributed by atoms with Crippen molar-refractivity contribution >= 4 is 9.84 Å². The molecule has 1 heterocycles. The van der Waals surface area contributed by atoms with Crippen LogP contribution < -0.4 is 5.73 Å². The standard InChI is InChI=1S/C9H20N2O2S/c1-9(3-4-10)11-5-2-7-14(12,13)8-6-11/h9H,2-8,10H2,1H3. The fourth-order valence-electron chi connectivity index (χ4n) is 1.82. The molecule has 4 nitrogen and oxygen atoms in total. The summed E-state index contributed by atoms with van der Waals surface area (Å²) in [6.07, 6.45) is 1.71. The molecule has 1 saturated heterocycles. The van der Waals surface area contributed by atoms with Crippen LogP contribution in [0.1, 0.15) is 19.8 Å². The Labute approximate surface area is 86.4 Å². The third-order valence-electron chi connectivity index (χ3n) is 2.80. The van der Waals surface area contributed by atoms with Gasteiger partial charge in [0.2, 0.25) is 0 Å². The first-order valence-corrected chi connectivity index (χ1v) is 7.02. The van der Waals surface area contributed by atoms with Gasteiger partial charge in [0, 0.05) is 12.6 Å². The molecule has 1 rings (SSSR count). The number of sulfone groups is 1. The van der Waals surface area contributed by atoms with Crippen molar-refractivity contribution in [1.29, 1.82) is 0 Å². The van der Waals surface area contributed by atoms with E-state index in [0.29, 0.717) is 30.6 Å². The molecule has 0 aromatic carbocycles. The minimum Gasteiger partial charge on any atom is -0.330 e. The zero-order valence-corrected chi connectivity index (χ0v) is 9.59. The van der Waals surface area contributed by atoms with Gasteiger partial charge in [0.15, 0.2) is 9.84 Å². The van der Waals surface area contributed by atoms with Gasteiger partial charge in [0.05, 0.1) is 11.5 Å². The molecule has 0 radical (unpaired) electrons. The average molecular weight is 220 g/mol. The number of rotatable bonds is 3. The largest absolute Gasteiger partial charge is 0.330 e. The minimum atomic E-state index is -2.77. The molecular weight excluding hydrogens is 200 g/mol. The van der Waals surface area contributed by atoms with E-state index >= 15 is 0 Å². The van der Waals surface area contributed by atoms with Crippen LogP contribution in [0.2, 0.25) is 0 Å². The predicted molar refractivity (Wildman–Crippen MR) is 58.0 cm³/mol. The van der Waals surface area contributed by atoms with Gasteiger partial charge >= 0.3 is 0 Å². The molecule has 0 aromatic heterocycles. The van der Waals surface area contributed by atoms with E-state index in [-0.39, 0.29) is 0 Å². The Morgan fingerprint density at radius 3 is 2.71 bits per heavy atom. The van der Waals surface area contributed by atoms with E-state index in [1.165, 1.54) is 0 Å². The van der Waals surface area contributed by atoms with Crippen molar-refractivity contribution in [3.8, 4) is 0 Å². The van der Waals surface area contributed by atoms with Crippen molar-refractivity contribution < 1.29 is 8.42 Å². The van der Waals surface area contributed by atoms with Crippen molar-refractivity contribution in [2.75, 3.05) is 31.1 Å². The molecule has 0 aliphatic carbocycles. The van der Waals surface area contributed by atoms with Crippen molar-refractivity contribution in [2.24, 2.45) is 5.73 Å². The summed E-state index contributed by atoms with van der Waals surface area (Å²) in [5, 5.41) is 0. The van der Waals surface area contributed by atoms with Crippen molar-refractivity contribution in [1.82, 2.24) is 4.90 Å². The van der Waals surface area contributed by atoms with E-state index in [9.17, 15) is 8.42 Å². The molecule has 0 spiro atoms. The Bertz CT molecular complexity index is 264. The fraction of sp³-hybridized carbons (Fsp3) is 1.00. The van der Waals surface area contributed by atoms with Gasteiger partial charge in [-0.2, -0.15) is 0 Å². The number of nitrogens with zero attached hydrogens (tertiary/aromatic N) is 1. The zero-order chi connectivity index (χ0) is 10.6. The molecule has 1 unspecified atom stereocenters. The van der Waals surface area contributed by atoms with Crippen LogP contribution in [0.5, 0.6) is 0 Å². The summed E-state index contributed by atoms with van der Waals surface area (Å²) < 4.78 is 22.7. The van der Waals surface area contributed by atoms with Gasteiger partial charge in [-0.1, -0.05) is 0 Å². The van der Waals surface area contributed by atoms with E-state index in [1.54, 1.807) is 0 Å². The number of hydrogen-bond acceptors (Lipinski definition) is 4. The van der Waals surface area contributed by atoms with E-state index in [4.69, 9.17) is 5.73 Å². The lowest BCUT2D eigenvalue weighted by molar-refractivity contribution is 0.217. The summed E-state index contributed by atoms with van der Waals surface area (Å²) in [4.78, 5) is 2.23. The lowest BCUT2D eigenvalue weighted by Gasteiger charge is -2.26. The topological polar surface area (TPSA) is 63.4 Å². The Morgan fingerprint density at radius 2 is 2.07 bits per heavy atom. The summed E-state index contributed by atoms with van der Waals surface area (Å²) >= 11 is 0. The van der Waals surface area contributed by atoms with Crippen LogP contribution in [0.4, 0.5) is 0 Å². The normalized spacial score (nSPS) is 25.6. The SMILES string of the molecule is CC(CCN)N1CCCS(=O)(=O)CC1. The molecule has 84 valence electrons. The maximum atomic E-state index is 11.3. The third kappa shape index (κ3) is 3.55. The van der Waals surface area contributed by atoms with Crippen molar-refractivity contribution in [2.45, 2.75) is 25.8 Å². The zero-order valence-electron chi connectivity index (χ0n) is 8.78. The molecule has 1 fully saturated rings. The summed E-state index contributed by atoms with van der Waals surface area (Å²) in [7, 11) is -2.77. The van der Waals surface area contributed by atoms with Gasteiger partial charge in [-0.15, -0.1) is 0 Å². The smallest absolute Gasteiger partial charge is 0.151 e. The molecule has 1 aliphatic rings. The average Bonchev–Trinajstić information content (AvgIpc) is 2.27. The lowest BCUT2D eigenvalue weighted by Crippen LogP contribution is -2.36. The molecule has 5 heteroatoms. The number of nitrogens with two attached hydrogens (primary N) is 1. The van der Waals surface area contributed by atoms with Crippen LogP contribution in [0.25, 0.3) is 0 Å². The fourth-order valence-corrected chi connectivity index (χ4v) is 3.11. The molecule has 0 aromatic rings. The second-order valence-electron chi connectivity index (χ2n) is 3.97. The first kappa shape index (κ1) is 11.9. The van der Waals surface area contributed by atoms with Gasteiger partial charge in [-0.05, 0) is 32.9 Å². The highest BCUT2D eigenvalue weighted by molar-refractivity contribution is 7.91. The van der Waals surface area contributed by atoms with Gasteiger partial charge < -0.3 is 5.73 Å². The summed E-state index contributed by atoms with van der Waals surface area (Å²) in [6.45, 7) is 4.35. The maximum Gasteiger partial charge on any atom is 0.151 e. The van der Waals surface area contributed by atoms with Gasteiger partial charge in [0.25, 0.3) is 0 Å². The van der Waals surface area contributed by atoms with E-state index in [0.717, 1.165) is 19.4 Å². The van der Waals surface area contributed by atoms with Crippen LogP contribution in [-0.2, 0) is 9.84 Å². The lowest BCUT2D eigenvalue weighted by atomic mass is 10.2. The molecule has 2 N–H and O–H groups in total. The van der Waals surface area contributed by atoms with E-state index < -0.39 is 9.84 Å². The van der Waals surface area contributed by atoms with Crippen molar-refractivity contribution in [3.63, 3.8) is 0 Å². The highest BCUT2D eigenvalue weighted by Crippen LogP contribution is 2.10. The Balaban J connectivity index is 2.49. The van der Waals surface area contributed by atoms with Gasteiger partial charge in [-0.3, -0.25) is 4.90 Å². The number of hydrogen-bond donors (Lipinski definition) is 1. The molecule has 0 bridgehead atoms. The maximum absolute atomic E-state index is 11.3. The third-order valence-corrected chi connectivity index (χ3v) is 4.51. The second kappa shape index (κ2) is 5.09. The van der Waals surface area contributed by atoms with Gasteiger partial charge in [-0.25, -0.2) is 8.42 Å². The van der Waals surface area contributed by atoms with Crippen LogP contribution in [0.3, 0.4) is 0 Å². The highest BCUT2D eigenvalue weighted by atomic mass is 32.2. The van der Waals surface area contributed by atoms with E-state index in [2.05, 4.69) is 11.8 Å². The summed E-state index contributed by atoms with van der Waals surface area (Å²) in [6, 6.07) is 0.410. The Kier molecular flexibility index (Phi) is 4.34. The monoisotopic (exact) mass is 220 g/mol. The van der Waals surface area contributed by atoms with Crippen LogP contribution >= 0.6 is 0 Å². The van der Waals surface area contributed by atoms with Gasteiger partial charge in [0.1, 0.15) is 0 Å². The second-order valence-corrected chi connectivity index (χ2v) is 6.27. The molecule has 0 saturated carbocycles. The molecular formula is C9H20N2O2S. The first-order chi connectivity index (χ1) is 6.55. The van der Waals surface area contributed by atoms with Crippen LogP contribution in [0.15, 0.2) is 0 Å². The van der Waals surface area contributed by atoms with Crippen LogP contribution in [-0.4, -0.2) is 50.5 Å². The predicted octanol–water partition coefficient (Wildman–Crippen LogP) is -0.156. The van der Waals surface area contributed by atoms with Crippen molar-refractivity contribution in [3.05, 3.63) is 0 Å². The molecule has 0 amide bonds. The van der Waals surface area contributed by atoms with Crippen LogP contribution in [0, 0.1) is 0 Å². The van der Waals surface area contributed by atoms with E-state index in [1.807, 2.05) is 0 Å². The first-order valence-electron chi connectivity index (χ1n) is 5.20. The molecule has 1 atom stereocenters. The highest BCUT2D eigenvalue weighted by Gasteiger charge is 2.21. The molecule has 14 heavy (non-hydrogen) atoms. The summed E-state index contributed by atoms with van der Waals surface area (Å²) in [5.41, 5.74) is 5.48. The quantitative estimate of drug-likeness (QED) is 0.718. The minimum absolute atomic E-state index is 0.307. The Hall–Kier alpha value is -0.130. The Morgan fingerprint density at radius 1 is 1.36 bits per heavy atom. The molecule has 1 aliphatic heterocycles.